The van der Waals surface area contributed by atoms with Gasteiger partial charge in [0.05, 0.1) is 0 Å². The van der Waals surface area contributed by atoms with Crippen LogP contribution >= 0.6 is 0 Å². The average molecular weight is 238 g/mol. The van der Waals surface area contributed by atoms with Gasteiger partial charge >= 0.3 is 0 Å². The molecule has 1 amide bonds. The van der Waals surface area contributed by atoms with E-state index in [1.165, 1.54) is 0 Å². The molecule has 17 heavy (non-hydrogen) atoms. The van der Waals surface area contributed by atoms with Crippen molar-refractivity contribution in [3.05, 3.63) is 0 Å². The van der Waals surface area contributed by atoms with Crippen molar-refractivity contribution in [3.63, 3.8) is 0 Å². The summed E-state index contributed by atoms with van der Waals surface area (Å²) in [6, 6.07) is 0. The van der Waals surface area contributed by atoms with E-state index in [0.717, 1.165) is 32.7 Å². The van der Waals surface area contributed by atoms with Gasteiger partial charge in [0.25, 0.3) is 0 Å². The number of likely N-dealkylation sites (tertiary alicyclic amines) is 1. The second-order valence-electron chi connectivity index (χ2n) is 4.20. The fraction of sp³-hybridized carbons (Fsp3) is 0.750. The molecule has 0 aromatic carbocycles. The zero-order valence-corrected chi connectivity index (χ0v) is 10.2. The quantitative estimate of drug-likeness (QED) is 0.359. The zero-order valence-electron chi connectivity index (χ0n) is 10.2. The highest BCUT2D eigenvalue weighted by molar-refractivity contribution is 5.79. The van der Waals surface area contributed by atoms with Gasteiger partial charge in [0, 0.05) is 58.2 Å². The predicted octanol–water partition coefficient (Wildman–Crippen LogP) is -1.39. The van der Waals surface area contributed by atoms with E-state index < -0.39 is 0 Å². The second-order valence-corrected chi connectivity index (χ2v) is 4.20. The van der Waals surface area contributed by atoms with Gasteiger partial charge in [-0.1, -0.05) is 0 Å². The lowest BCUT2D eigenvalue weighted by atomic mass is 10.1. The molecule has 5 heteroatoms. The second kappa shape index (κ2) is 8.07. The van der Waals surface area contributed by atoms with Crippen LogP contribution in [0.2, 0.25) is 0 Å². The summed E-state index contributed by atoms with van der Waals surface area (Å²) in [5, 5.41) is 6.47. The molecule has 1 heterocycles. The highest BCUT2D eigenvalue weighted by Crippen LogP contribution is 2.15. The summed E-state index contributed by atoms with van der Waals surface area (Å²) < 4.78 is 0. The number of hydrogen-bond acceptors (Lipinski definition) is 4. The van der Waals surface area contributed by atoms with Gasteiger partial charge in [-0.15, -0.1) is 12.3 Å². The Kier molecular flexibility index (Phi) is 6.63. The average Bonchev–Trinajstić information content (AvgIpc) is 2.69. The van der Waals surface area contributed by atoms with E-state index in [2.05, 4.69) is 16.6 Å². The van der Waals surface area contributed by atoms with Gasteiger partial charge < -0.3 is 21.3 Å². The molecule has 0 bridgehead atoms. The van der Waals surface area contributed by atoms with E-state index in [0.29, 0.717) is 19.5 Å². The molecule has 1 aliphatic rings. The van der Waals surface area contributed by atoms with Crippen LogP contribution in [-0.4, -0.2) is 56.6 Å². The highest BCUT2D eigenvalue weighted by Gasteiger charge is 2.27. The Bertz CT molecular complexity index is 274. The minimum absolute atomic E-state index is 0.105. The first-order valence-electron chi connectivity index (χ1n) is 6.13. The molecule has 1 saturated heterocycles. The number of nitrogens with one attached hydrogen (secondary N) is 2. The molecule has 96 valence electrons. The van der Waals surface area contributed by atoms with Crippen molar-refractivity contribution in [3.8, 4) is 12.3 Å². The standard InChI is InChI=1S/C12H22N4O/c1-2-11-9-12(17)16(10-11)8-7-15-6-5-14-4-3-13/h1,11,14-15H,3-10,13H2. The summed E-state index contributed by atoms with van der Waals surface area (Å²) in [5.74, 6) is 2.93. The van der Waals surface area contributed by atoms with Crippen LogP contribution in [0.4, 0.5) is 0 Å². The molecule has 1 atom stereocenters. The number of carbonyl (C=O) groups is 1. The molecule has 4 N–H and O–H groups in total. The monoisotopic (exact) mass is 238 g/mol. The fourth-order valence-electron chi connectivity index (χ4n) is 1.84. The molecule has 0 radical (unpaired) electrons. The third kappa shape index (κ3) is 5.18. The molecule has 0 saturated carbocycles. The van der Waals surface area contributed by atoms with Crippen molar-refractivity contribution in [2.75, 3.05) is 45.8 Å². The first-order valence-corrected chi connectivity index (χ1v) is 6.13. The topological polar surface area (TPSA) is 70.4 Å². The van der Waals surface area contributed by atoms with Crippen molar-refractivity contribution in [1.82, 2.24) is 15.5 Å². The Hall–Kier alpha value is -1.09. The lowest BCUT2D eigenvalue weighted by Crippen LogP contribution is -2.36. The number of hydrogen-bond donors (Lipinski definition) is 3. The van der Waals surface area contributed by atoms with Crippen LogP contribution < -0.4 is 16.4 Å². The third-order valence-corrected chi connectivity index (χ3v) is 2.81. The molecular formula is C12H22N4O. The Morgan fingerprint density at radius 2 is 2.06 bits per heavy atom. The summed E-state index contributed by atoms with van der Waals surface area (Å²) in [7, 11) is 0. The molecule has 1 aliphatic heterocycles. The summed E-state index contributed by atoms with van der Waals surface area (Å²) in [6.45, 7) is 5.56. The molecule has 0 aliphatic carbocycles. The normalized spacial score (nSPS) is 19.6. The molecule has 1 fully saturated rings. The molecule has 0 spiro atoms. The number of rotatable bonds is 8. The zero-order chi connectivity index (χ0) is 12.5. The Morgan fingerprint density at radius 1 is 1.35 bits per heavy atom. The Morgan fingerprint density at radius 3 is 2.65 bits per heavy atom. The minimum atomic E-state index is 0.105. The number of terminal acetylenes is 1. The smallest absolute Gasteiger partial charge is 0.223 e. The van der Waals surface area contributed by atoms with Gasteiger partial charge in [0.15, 0.2) is 0 Å². The van der Waals surface area contributed by atoms with Crippen LogP contribution in [0.1, 0.15) is 6.42 Å². The van der Waals surface area contributed by atoms with Crippen LogP contribution in [-0.2, 0) is 4.79 Å². The number of nitrogens with zero attached hydrogens (tertiary/aromatic N) is 1. The van der Waals surface area contributed by atoms with Crippen LogP contribution in [0.25, 0.3) is 0 Å². The number of amides is 1. The molecule has 0 aromatic heterocycles. The van der Waals surface area contributed by atoms with E-state index in [4.69, 9.17) is 12.2 Å². The largest absolute Gasteiger partial charge is 0.340 e. The summed E-state index contributed by atoms with van der Waals surface area (Å²) in [5.41, 5.74) is 5.35. The maximum absolute atomic E-state index is 11.5. The van der Waals surface area contributed by atoms with Gasteiger partial charge in [0.2, 0.25) is 5.91 Å². The summed E-state index contributed by atoms with van der Waals surface area (Å²) in [4.78, 5) is 13.4. The lowest BCUT2D eigenvalue weighted by molar-refractivity contribution is -0.127. The maximum atomic E-state index is 11.5. The van der Waals surface area contributed by atoms with Crippen LogP contribution in [0.15, 0.2) is 0 Å². The SMILES string of the molecule is C#CC1CC(=O)N(CCNCCNCCN)C1. The van der Waals surface area contributed by atoms with Crippen molar-refractivity contribution >= 4 is 5.91 Å². The predicted molar refractivity (Wildman–Crippen MR) is 68.3 cm³/mol. The third-order valence-electron chi connectivity index (χ3n) is 2.81. The molecular weight excluding hydrogens is 216 g/mol. The van der Waals surface area contributed by atoms with Crippen molar-refractivity contribution in [1.29, 1.82) is 0 Å². The van der Waals surface area contributed by atoms with Crippen LogP contribution in [0, 0.1) is 18.3 Å². The van der Waals surface area contributed by atoms with Gasteiger partial charge in [-0.2, -0.15) is 0 Å². The van der Waals surface area contributed by atoms with Crippen molar-refractivity contribution in [2.24, 2.45) is 11.7 Å². The first kappa shape index (κ1) is 14.0. The number of nitrogens with two attached hydrogens (primary N) is 1. The lowest BCUT2D eigenvalue weighted by Gasteiger charge is -2.16. The maximum Gasteiger partial charge on any atom is 0.223 e. The Balaban J connectivity index is 2.00. The molecule has 1 unspecified atom stereocenters. The Labute approximate surface area is 103 Å². The van der Waals surface area contributed by atoms with Gasteiger partial charge in [0.1, 0.15) is 0 Å². The van der Waals surface area contributed by atoms with E-state index in [1.807, 2.05) is 4.90 Å². The first-order chi connectivity index (χ1) is 8.27. The van der Waals surface area contributed by atoms with Crippen molar-refractivity contribution < 1.29 is 4.79 Å². The van der Waals surface area contributed by atoms with E-state index in [1.54, 1.807) is 0 Å². The van der Waals surface area contributed by atoms with Crippen molar-refractivity contribution in [2.45, 2.75) is 6.42 Å². The molecule has 0 aromatic rings. The summed E-state index contributed by atoms with van der Waals surface area (Å²) >= 11 is 0. The van der Waals surface area contributed by atoms with Gasteiger partial charge in [-0.25, -0.2) is 0 Å². The van der Waals surface area contributed by atoms with E-state index >= 15 is 0 Å². The fourth-order valence-corrected chi connectivity index (χ4v) is 1.84. The van der Waals surface area contributed by atoms with Gasteiger partial charge in [-0.05, 0) is 0 Å². The number of carbonyl (C=O) groups excluding carboxylic acids is 1. The van der Waals surface area contributed by atoms with E-state index in [-0.39, 0.29) is 11.8 Å². The van der Waals surface area contributed by atoms with Gasteiger partial charge in [-0.3, -0.25) is 4.79 Å². The minimum Gasteiger partial charge on any atom is -0.340 e. The van der Waals surface area contributed by atoms with E-state index in [9.17, 15) is 4.79 Å². The van der Waals surface area contributed by atoms with Crippen LogP contribution in [0.5, 0.6) is 0 Å². The van der Waals surface area contributed by atoms with Crippen LogP contribution in [0.3, 0.4) is 0 Å². The molecule has 1 rings (SSSR count). The summed E-state index contributed by atoms with van der Waals surface area (Å²) in [6.07, 6.45) is 5.83. The molecule has 5 nitrogen and oxygen atoms in total. The highest BCUT2D eigenvalue weighted by atomic mass is 16.2.